The van der Waals surface area contributed by atoms with Crippen molar-refractivity contribution in [3.8, 4) is 0 Å². The molecule has 4 atom stereocenters. The van der Waals surface area contributed by atoms with Crippen molar-refractivity contribution in [1.82, 2.24) is 19.5 Å². The number of fused-ring (bicyclic) bond motifs is 1. The molecule has 2 fully saturated rings. The van der Waals surface area contributed by atoms with Crippen molar-refractivity contribution in [3.63, 3.8) is 0 Å². The number of aromatic nitrogens is 4. The number of aliphatic hydroxyl groups is 2. The Morgan fingerprint density at radius 2 is 2.14 bits per heavy atom. The molecule has 2 aromatic rings. The maximum absolute atomic E-state index is 10.5. The van der Waals surface area contributed by atoms with E-state index in [1.54, 1.807) is 18.1 Å². The molecule has 1 aliphatic carbocycles. The van der Waals surface area contributed by atoms with Crippen LogP contribution in [0.3, 0.4) is 0 Å². The summed E-state index contributed by atoms with van der Waals surface area (Å²) < 4.78 is 1.49. The molecule has 112 valence electrons. The maximum atomic E-state index is 10.5. The Morgan fingerprint density at radius 1 is 1.29 bits per heavy atom. The Balaban J connectivity index is 1.73. The van der Waals surface area contributed by atoms with Crippen LogP contribution in [0, 0.1) is 0 Å². The summed E-state index contributed by atoms with van der Waals surface area (Å²) in [5.74, 6) is 0.359. The number of nitrogens with zero attached hydrogens (tertiary/aromatic N) is 4. The lowest BCUT2D eigenvalue weighted by molar-refractivity contribution is 0.0560. The van der Waals surface area contributed by atoms with Gasteiger partial charge in [-0.25, -0.2) is 15.0 Å². The zero-order valence-corrected chi connectivity index (χ0v) is 12.2. The lowest BCUT2D eigenvalue weighted by Gasteiger charge is -2.30. The summed E-state index contributed by atoms with van der Waals surface area (Å²) in [6, 6.07) is 0. The molecule has 1 saturated heterocycles. The molecule has 4 N–H and O–H groups in total. The van der Waals surface area contributed by atoms with Crippen LogP contribution in [0.4, 0.5) is 5.82 Å². The van der Waals surface area contributed by atoms with E-state index >= 15 is 0 Å². The van der Waals surface area contributed by atoms with Gasteiger partial charge in [-0.2, -0.15) is 0 Å². The van der Waals surface area contributed by atoms with Gasteiger partial charge in [-0.1, -0.05) is 0 Å². The standard InChI is InChI=1S/C13H17N5O2S/c14-11-10-12(16-5-15-11)18(6-17-10)9-4-8(20)13(21-9)3-1-2-7(13)19/h5-9,19-20H,1-4H2,(H2,14,15,16)/t7-,8+,9-,13+/m1/s1. The summed E-state index contributed by atoms with van der Waals surface area (Å²) >= 11 is 1.64. The number of hydrogen-bond acceptors (Lipinski definition) is 7. The average molecular weight is 307 g/mol. The minimum absolute atomic E-state index is 0.00653. The van der Waals surface area contributed by atoms with E-state index in [0.29, 0.717) is 23.4 Å². The molecule has 0 aromatic carbocycles. The van der Waals surface area contributed by atoms with Gasteiger partial charge in [0.25, 0.3) is 0 Å². The molecule has 0 radical (unpaired) electrons. The first-order chi connectivity index (χ1) is 10.1. The van der Waals surface area contributed by atoms with Crippen molar-refractivity contribution < 1.29 is 10.2 Å². The quantitative estimate of drug-likeness (QED) is 0.711. The third-order valence-corrected chi connectivity index (χ3v) is 6.53. The third kappa shape index (κ3) is 1.79. The molecule has 0 bridgehead atoms. The first kappa shape index (κ1) is 13.3. The van der Waals surface area contributed by atoms with E-state index in [2.05, 4.69) is 15.0 Å². The fourth-order valence-electron chi connectivity index (χ4n) is 3.53. The highest BCUT2D eigenvalue weighted by Gasteiger charge is 2.55. The Labute approximate surface area is 125 Å². The van der Waals surface area contributed by atoms with Gasteiger partial charge in [-0.05, 0) is 19.3 Å². The van der Waals surface area contributed by atoms with E-state index in [0.717, 1.165) is 19.3 Å². The molecule has 3 heterocycles. The number of anilines is 1. The van der Waals surface area contributed by atoms with Crippen LogP contribution >= 0.6 is 11.8 Å². The van der Waals surface area contributed by atoms with E-state index in [-0.39, 0.29) is 5.37 Å². The summed E-state index contributed by atoms with van der Waals surface area (Å²) in [5.41, 5.74) is 7.07. The van der Waals surface area contributed by atoms with Gasteiger partial charge in [0.1, 0.15) is 11.8 Å². The molecule has 7 nitrogen and oxygen atoms in total. The number of thioether (sulfide) groups is 1. The summed E-state index contributed by atoms with van der Waals surface area (Å²) in [6.45, 7) is 0. The van der Waals surface area contributed by atoms with Gasteiger partial charge in [-0.15, -0.1) is 11.8 Å². The first-order valence-corrected chi connectivity index (χ1v) is 7.97. The number of nitrogens with two attached hydrogens (primary N) is 1. The van der Waals surface area contributed by atoms with E-state index in [1.807, 2.05) is 4.57 Å². The lowest BCUT2D eigenvalue weighted by atomic mass is 9.95. The Morgan fingerprint density at radius 3 is 2.90 bits per heavy atom. The van der Waals surface area contributed by atoms with Crippen molar-refractivity contribution in [2.45, 2.75) is 48.0 Å². The summed E-state index contributed by atoms with van der Waals surface area (Å²) in [4.78, 5) is 12.5. The zero-order chi connectivity index (χ0) is 14.6. The Hall–Kier alpha value is -1.38. The second-order valence-corrected chi connectivity index (χ2v) is 7.31. The molecule has 1 aliphatic heterocycles. The van der Waals surface area contributed by atoms with E-state index < -0.39 is 17.0 Å². The van der Waals surface area contributed by atoms with Gasteiger partial charge in [0.2, 0.25) is 0 Å². The second kappa shape index (κ2) is 4.56. The number of hydrogen-bond donors (Lipinski definition) is 3. The normalized spacial score (nSPS) is 36.0. The van der Waals surface area contributed by atoms with Gasteiger partial charge in [0, 0.05) is 6.42 Å². The molecule has 21 heavy (non-hydrogen) atoms. The maximum Gasteiger partial charge on any atom is 0.166 e. The molecule has 0 unspecified atom stereocenters. The molecule has 1 saturated carbocycles. The van der Waals surface area contributed by atoms with Crippen molar-refractivity contribution in [3.05, 3.63) is 12.7 Å². The monoisotopic (exact) mass is 307 g/mol. The van der Waals surface area contributed by atoms with Gasteiger partial charge in [0.15, 0.2) is 11.5 Å². The zero-order valence-electron chi connectivity index (χ0n) is 11.4. The predicted octanol–water partition coefficient (Wildman–Crippen LogP) is 0.689. The smallest absolute Gasteiger partial charge is 0.166 e. The number of nitrogen functional groups attached to an aromatic ring is 1. The number of imidazole rings is 1. The van der Waals surface area contributed by atoms with Gasteiger partial charge < -0.3 is 20.5 Å². The Bertz CT molecular complexity index is 692. The van der Waals surface area contributed by atoms with Crippen molar-refractivity contribution in [2.24, 2.45) is 0 Å². The van der Waals surface area contributed by atoms with Gasteiger partial charge in [-0.3, -0.25) is 0 Å². The van der Waals surface area contributed by atoms with Crippen LogP contribution < -0.4 is 5.73 Å². The summed E-state index contributed by atoms with van der Waals surface area (Å²) in [7, 11) is 0. The van der Waals surface area contributed by atoms with Crippen molar-refractivity contribution >= 4 is 28.7 Å². The van der Waals surface area contributed by atoms with E-state index in [9.17, 15) is 10.2 Å². The molecule has 0 amide bonds. The molecule has 1 spiro atoms. The lowest BCUT2D eigenvalue weighted by Crippen LogP contribution is -2.41. The minimum Gasteiger partial charge on any atom is -0.392 e. The molecule has 2 aliphatic rings. The van der Waals surface area contributed by atoms with Crippen LogP contribution in [-0.2, 0) is 0 Å². The van der Waals surface area contributed by atoms with Crippen LogP contribution in [0.25, 0.3) is 11.2 Å². The topological polar surface area (TPSA) is 110 Å². The SMILES string of the molecule is Nc1ncnc2c1ncn2[C@H]1C[C@H](O)[C@@]2(CCC[C@H]2O)S1. The fourth-order valence-corrected chi connectivity index (χ4v) is 5.37. The van der Waals surface area contributed by atoms with Crippen molar-refractivity contribution in [2.75, 3.05) is 5.73 Å². The second-order valence-electron chi connectivity index (χ2n) is 5.77. The number of rotatable bonds is 1. The van der Waals surface area contributed by atoms with Crippen LogP contribution in [0.2, 0.25) is 0 Å². The average Bonchev–Trinajstić information content (AvgIpc) is 3.12. The molecule has 2 aromatic heterocycles. The van der Waals surface area contributed by atoms with Gasteiger partial charge in [0.05, 0.1) is 28.7 Å². The first-order valence-electron chi connectivity index (χ1n) is 7.09. The highest BCUT2D eigenvalue weighted by molar-refractivity contribution is 8.01. The summed E-state index contributed by atoms with van der Waals surface area (Å²) in [5, 5.41) is 20.8. The summed E-state index contributed by atoms with van der Waals surface area (Å²) in [6.07, 6.45) is 5.30. The third-order valence-electron chi connectivity index (χ3n) is 4.65. The van der Waals surface area contributed by atoms with Crippen molar-refractivity contribution in [1.29, 1.82) is 0 Å². The van der Waals surface area contributed by atoms with Crippen LogP contribution in [0.15, 0.2) is 12.7 Å². The van der Waals surface area contributed by atoms with Gasteiger partial charge >= 0.3 is 0 Å². The molecule has 8 heteroatoms. The minimum atomic E-state index is -0.512. The fraction of sp³-hybridized carbons (Fsp3) is 0.615. The highest BCUT2D eigenvalue weighted by Crippen LogP contribution is 2.57. The molecule has 4 rings (SSSR count). The Kier molecular flexibility index (Phi) is 2.88. The number of aliphatic hydroxyl groups excluding tert-OH is 2. The molecular weight excluding hydrogens is 290 g/mol. The van der Waals surface area contributed by atoms with Crippen LogP contribution in [-0.4, -0.2) is 46.7 Å². The largest absolute Gasteiger partial charge is 0.392 e. The van der Waals surface area contributed by atoms with Crippen LogP contribution in [0.5, 0.6) is 0 Å². The van der Waals surface area contributed by atoms with E-state index in [4.69, 9.17) is 5.73 Å². The molecular formula is C13H17N5O2S. The predicted molar refractivity (Wildman–Crippen MR) is 79.6 cm³/mol. The van der Waals surface area contributed by atoms with E-state index in [1.165, 1.54) is 6.33 Å². The highest BCUT2D eigenvalue weighted by atomic mass is 32.2. The van der Waals surface area contributed by atoms with Crippen LogP contribution in [0.1, 0.15) is 31.1 Å².